The molecule has 2 saturated heterocycles. The fourth-order valence-electron chi connectivity index (χ4n) is 5.02. The Hall–Kier alpha value is -2.90. The molecule has 0 spiro atoms. The van der Waals surface area contributed by atoms with Crippen molar-refractivity contribution in [2.45, 2.75) is 25.2 Å². The van der Waals surface area contributed by atoms with Crippen LogP contribution in [-0.4, -0.2) is 55.5 Å². The number of ether oxygens (including phenoxy) is 1. The lowest BCUT2D eigenvalue weighted by atomic mass is 9.89. The molecule has 0 aliphatic carbocycles. The lowest BCUT2D eigenvalue weighted by molar-refractivity contribution is 0.0782. The highest BCUT2D eigenvalue weighted by Gasteiger charge is 2.30. The van der Waals surface area contributed by atoms with Crippen LogP contribution in [0, 0.1) is 11.7 Å². The topological polar surface area (TPSA) is 58.8 Å². The fraction of sp³-hybridized carbons (Fsp3) is 0.393. The van der Waals surface area contributed by atoms with Gasteiger partial charge >= 0.3 is 0 Å². The first kappa shape index (κ1) is 25.2. The molecule has 1 aromatic heterocycles. The third-order valence-corrected chi connectivity index (χ3v) is 7.59. The van der Waals surface area contributed by atoms with E-state index in [2.05, 4.69) is 4.90 Å². The summed E-state index contributed by atoms with van der Waals surface area (Å²) in [5.74, 6) is 1.36. The lowest BCUT2D eigenvalue weighted by Crippen LogP contribution is -2.38. The van der Waals surface area contributed by atoms with Crippen molar-refractivity contribution < 1.29 is 13.9 Å². The van der Waals surface area contributed by atoms with Gasteiger partial charge in [-0.1, -0.05) is 30.3 Å². The van der Waals surface area contributed by atoms with Crippen molar-refractivity contribution in [2.75, 3.05) is 45.6 Å². The van der Waals surface area contributed by atoms with Gasteiger partial charge in [0, 0.05) is 19.6 Å². The Labute approximate surface area is 211 Å². The van der Waals surface area contributed by atoms with Gasteiger partial charge in [-0.2, -0.15) is 11.3 Å². The van der Waals surface area contributed by atoms with Gasteiger partial charge in [-0.25, -0.2) is 4.39 Å². The molecule has 2 aromatic carbocycles. The molecule has 1 amide bonds. The smallest absolute Gasteiger partial charge is 0.256 e. The molecule has 0 saturated carbocycles. The summed E-state index contributed by atoms with van der Waals surface area (Å²) in [4.78, 5) is 17.4. The van der Waals surface area contributed by atoms with E-state index in [9.17, 15) is 9.18 Å². The number of thiophene rings is 1. The number of hydrogen-bond donors (Lipinski definition) is 1. The monoisotopic (exact) mass is 495 g/mol. The minimum Gasteiger partial charge on any atom is -0.495 e. The average molecular weight is 496 g/mol. The molecule has 5 nitrogen and oxygen atoms in total. The SMILES string of the molecule is COc1cccc(C(=O)N2CCC(CN3CCC(c4ccc(F)cc4)CC3)C2)c1N.c1ccsc1. The normalized spacial score (nSPS) is 18.7. The number of nitrogens with two attached hydrogens (primary N) is 1. The number of nitrogens with zero attached hydrogens (tertiary/aromatic N) is 2. The zero-order valence-corrected chi connectivity index (χ0v) is 21.1. The van der Waals surface area contributed by atoms with Crippen LogP contribution in [0.3, 0.4) is 0 Å². The molecule has 1 atom stereocenters. The highest BCUT2D eigenvalue weighted by molar-refractivity contribution is 7.07. The van der Waals surface area contributed by atoms with E-state index in [4.69, 9.17) is 10.5 Å². The first-order valence-electron chi connectivity index (χ1n) is 12.2. The Morgan fingerprint density at radius 2 is 1.74 bits per heavy atom. The number of carbonyl (C=O) groups excluding carboxylic acids is 1. The number of anilines is 1. The van der Waals surface area contributed by atoms with Crippen molar-refractivity contribution in [3.63, 3.8) is 0 Å². The predicted molar refractivity (Wildman–Crippen MR) is 141 cm³/mol. The zero-order chi connectivity index (χ0) is 24.6. The van der Waals surface area contributed by atoms with E-state index in [-0.39, 0.29) is 11.7 Å². The largest absolute Gasteiger partial charge is 0.495 e. The molecule has 0 bridgehead atoms. The summed E-state index contributed by atoms with van der Waals surface area (Å²) < 4.78 is 18.4. The molecule has 2 aliphatic heterocycles. The Morgan fingerprint density at radius 1 is 1.03 bits per heavy atom. The van der Waals surface area contributed by atoms with Crippen molar-refractivity contribution >= 4 is 22.9 Å². The van der Waals surface area contributed by atoms with Crippen LogP contribution in [0.2, 0.25) is 0 Å². The van der Waals surface area contributed by atoms with Crippen LogP contribution in [0.15, 0.2) is 65.4 Å². The Bertz CT molecular complexity index is 1050. The number of para-hydroxylation sites is 1. The van der Waals surface area contributed by atoms with E-state index in [0.717, 1.165) is 52.0 Å². The van der Waals surface area contributed by atoms with Crippen LogP contribution in [0.4, 0.5) is 10.1 Å². The minimum atomic E-state index is -0.174. The van der Waals surface area contributed by atoms with Crippen molar-refractivity contribution in [1.29, 1.82) is 0 Å². The van der Waals surface area contributed by atoms with Gasteiger partial charge in [0.25, 0.3) is 5.91 Å². The number of methoxy groups -OCH3 is 1. The van der Waals surface area contributed by atoms with Gasteiger partial charge in [-0.3, -0.25) is 4.79 Å². The van der Waals surface area contributed by atoms with Crippen LogP contribution < -0.4 is 10.5 Å². The molecule has 2 aliphatic rings. The number of carbonyl (C=O) groups is 1. The van der Waals surface area contributed by atoms with Crippen molar-refractivity contribution in [3.8, 4) is 5.75 Å². The average Bonchev–Trinajstić information content (AvgIpc) is 3.61. The second-order valence-corrected chi connectivity index (χ2v) is 10.1. The number of rotatable bonds is 5. The second kappa shape index (κ2) is 12.2. The van der Waals surface area contributed by atoms with E-state index in [1.54, 1.807) is 48.8 Å². The lowest BCUT2D eigenvalue weighted by Gasteiger charge is -2.33. The van der Waals surface area contributed by atoms with Crippen molar-refractivity contribution in [3.05, 3.63) is 82.3 Å². The quantitative estimate of drug-likeness (QED) is 0.475. The van der Waals surface area contributed by atoms with Gasteiger partial charge in [0.1, 0.15) is 11.6 Å². The Morgan fingerprint density at radius 3 is 2.37 bits per heavy atom. The molecular formula is C28H34FN3O2S. The molecule has 2 N–H and O–H groups in total. The van der Waals surface area contributed by atoms with E-state index in [1.807, 2.05) is 39.9 Å². The maximum absolute atomic E-state index is 13.2. The number of nitrogen functional groups attached to an aromatic ring is 1. The molecule has 35 heavy (non-hydrogen) atoms. The fourth-order valence-corrected chi connectivity index (χ4v) is 5.47. The van der Waals surface area contributed by atoms with Gasteiger partial charge in [0.15, 0.2) is 0 Å². The highest BCUT2D eigenvalue weighted by atomic mass is 32.1. The van der Waals surface area contributed by atoms with Gasteiger partial charge in [-0.15, -0.1) is 0 Å². The number of benzene rings is 2. The number of halogens is 1. The molecular weight excluding hydrogens is 461 g/mol. The number of hydrogen-bond acceptors (Lipinski definition) is 5. The predicted octanol–water partition coefficient (Wildman–Crippen LogP) is 5.51. The van der Waals surface area contributed by atoms with E-state index in [0.29, 0.717) is 28.8 Å². The summed E-state index contributed by atoms with van der Waals surface area (Å²) in [6, 6.07) is 16.3. The standard InChI is InChI=1S/C24H30FN3O2.C4H4S/c1-30-22-4-2-3-21(23(22)26)24(29)28-14-9-17(16-28)15-27-12-10-19(11-13-27)18-5-7-20(25)8-6-18;1-2-4-5-3-1/h2-8,17,19H,9-16,26H2,1H3;1-4H. The molecule has 186 valence electrons. The van der Waals surface area contributed by atoms with Crippen LogP contribution in [0.25, 0.3) is 0 Å². The first-order chi connectivity index (χ1) is 17.0. The van der Waals surface area contributed by atoms with E-state index in [1.165, 1.54) is 5.56 Å². The third-order valence-electron chi connectivity index (χ3n) is 6.96. The summed E-state index contributed by atoms with van der Waals surface area (Å²) in [6.45, 7) is 4.66. The van der Waals surface area contributed by atoms with Crippen LogP contribution in [-0.2, 0) is 0 Å². The van der Waals surface area contributed by atoms with Gasteiger partial charge in [0.05, 0.1) is 18.4 Å². The summed E-state index contributed by atoms with van der Waals surface area (Å²) in [5, 5.41) is 4.08. The van der Waals surface area contributed by atoms with Crippen LogP contribution >= 0.6 is 11.3 Å². The summed E-state index contributed by atoms with van der Waals surface area (Å²) >= 11 is 1.71. The maximum atomic E-state index is 13.2. The Balaban J connectivity index is 0.000000514. The number of amides is 1. The number of piperidine rings is 1. The summed E-state index contributed by atoms with van der Waals surface area (Å²) in [5.41, 5.74) is 8.29. The molecule has 1 unspecified atom stereocenters. The van der Waals surface area contributed by atoms with E-state index >= 15 is 0 Å². The van der Waals surface area contributed by atoms with Crippen LogP contribution in [0.5, 0.6) is 5.75 Å². The molecule has 2 fully saturated rings. The minimum absolute atomic E-state index is 0.0103. The van der Waals surface area contributed by atoms with Crippen molar-refractivity contribution in [1.82, 2.24) is 9.80 Å². The molecule has 0 radical (unpaired) electrons. The second-order valence-electron chi connectivity index (χ2n) is 9.25. The van der Waals surface area contributed by atoms with Gasteiger partial charge in [-0.05, 0) is 84.8 Å². The van der Waals surface area contributed by atoms with Gasteiger partial charge in [0.2, 0.25) is 0 Å². The van der Waals surface area contributed by atoms with E-state index < -0.39 is 0 Å². The maximum Gasteiger partial charge on any atom is 0.256 e. The first-order valence-corrected chi connectivity index (χ1v) is 13.2. The molecule has 3 heterocycles. The molecule has 5 rings (SSSR count). The van der Waals surface area contributed by atoms with Gasteiger partial charge < -0.3 is 20.3 Å². The highest BCUT2D eigenvalue weighted by Crippen LogP contribution is 2.31. The summed E-state index contributed by atoms with van der Waals surface area (Å²) in [6.07, 6.45) is 3.22. The number of likely N-dealkylation sites (tertiary alicyclic amines) is 2. The third kappa shape index (κ3) is 6.61. The molecule has 7 heteroatoms. The zero-order valence-electron chi connectivity index (χ0n) is 20.2. The Kier molecular flexibility index (Phi) is 8.77. The molecule has 3 aromatic rings. The summed E-state index contributed by atoms with van der Waals surface area (Å²) in [7, 11) is 1.56. The van der Waals surface area contributed by atoms with Crippen molar-refractivity contribution in [2.24, 2.45) is 5.92 Å². The van der Waals surface area contributed by atoms with Crippen LogP contribution in [0.1, 0.15) is 41.1 Å².